The van der Waals surface area contributed by atoms with Crippen LogP contribution in [0.4, 0.5) is 5.69 Å². The van der Waals surface area contributed by atoms with Gasteiger partial charge in [-0.1, -0.05) is 23.7 Å². The number of sulfonamides is 1. The van der Waals surface area contributed by atoms with Gasteiger partial charge in [-0.05, 0) is 49.2 Å². The SMILES string of the molecule is O=C(Cc1noc2ccccc12)Nc1ccc(S(=O)(=O)N2CCCCC2)cc1. The molecule has 2 heterocycles. The highest BCUT2D eigenvalue weighted by molar-refractivity contribution is 7.89. The molecule has 1 aromatic heterocycles. The second kappa shape index (κ2) is 7.73. The number of carbonyl (C=O) groups excluding carboxylic acids is 1. The van der Waals surface area contributed by atoms with Crippen molar-refractivity contribution in [3.05, 3.63) is 54.2 Å². The highest BCUT2D eigenvalue weighted by atomic mass is 32.2. The van der Waals surface area contributed by atoms with E-state index in [-0.39, 0.29) is 17.2 Å². The topological polar surface area (TPSA) is 92.5 Å². The number of rotatable bonds is 5. The Morgan fingerprint density at radius 3 is 2.50 bits per heavy atom. The maximum absolute atomic E-state index is 12.7. The number of para-hydroxylation sites is 1. The van der Waals surface area contributed by atoms with Crippen molar-refractivity contribution in [3.8, 4) is 0 Å². The summed E-state index contributed by atoms with van der Waals surface area (Å²) >= 11 is 0. The molecule has 8 heteroatoms. The molecular formula is C20H21N3O4S. The van der Waals surface area contributed by atoms with Gasteiger partial charge < -0.3 is 9.84 Å². The third-order valence-electron chi connectivity index (χ3n) is 4.87. The van der Waals surface area contributed by atoms with Crippen LogP contribution in [-0.4, -0.2) is 36.9 Å². The predicted octanol–water partition coefficient (Wildman–Crippen LogP) is 3.18. The zero-order valence-corrected chi connectivity index (χ0v) is 16.1. The van der Waals surface area contributed by atoms with Crippen molar-refractivity contribution >= 4 is 32.6 Å². The zero-order valence-electron chi connectivity index (χ0n) is 15.3. The largest absolute Gasteiger partial charge is 0.356 e. The summed E-state index contributed by atoms with van der Waals surface area (Å²) in [4.78, 5) is 12.6. The molecule has 2 aromatic carbocycles. The fourth-order valence-electron chi connectivity index (χ4n) is 3.39. The summed E-state index contributed by atoms with van der Waals surface area (Å²) in [5.41, 5.74) is 1.74. The maximum atomic E-state index is 12.7. The number of piperidine rings is 1. The number of benzene rings is 2. The lowest BCUT2D eigenvalue weighted by Gasteiger charge is -2.25. The first-order chi connectivity index (χ1) is 13.5. The first-order valence-electron chi connectivity index (χ1n) is 9.27. The Morgan fingerprint density at radius 2 is 1.75 bits per heavy atom. The van der Waals surface area contributed by atoms with E-state index in [0.29, 0.717) is 30.1 Å². The molecule has 1 amide bonds. The van der Waals surface area contributed by atoms with E-state index >= 15 is 0 Å². The Bertz CT molecular complexity index is 1080. The Kier molecular flexibility index (Phi) is 5.15. The lowest BCUT2D eigenvalue weighted by atomic mass is 10.1. The van der Waals surface area contributed by atoms with Crippen LogP contribution in [-0.2, 0) is 21.2 Å². The van der Waals surface area contributed by atoms with E-state index in [2.05, 4.69) is 10.5 Å². The van der Waals surface area contributed by atoms with E-state index in [1.165, 1.54) is 16.4 Å². The third-order valence-corrected chi connectivity index (χ3v) is 6.78. The minimum absolute atomic E-state index is 0.0742. The first-order valence-corrected chi connectivity index (χ1v) is 10.7. The average Bonchev–Trinajstić information content (AvgIpc) is 3.12. The number of nitrogens with zero attached hydrogens (tertiary/aromatic N) is 2. The van der Waals surface area contributed by atoms with Gasteiger partial charge in [-0.3, -0.25) is 4.79 Å². The van der Waals surface area contributed by atoms with Crippen molar-refractivity contribution in [3.63, 3.8) is 0 Å². The average molecular weight is 399 g/mol. The van der Waals surface area contributed by atoms with Gasteiger partial charge in [0, 0.05) is 24.2 Å². The van der Waals surface area contributed by atoms with Crippen LogP contribution >= 0.6 is 0 Å². The van der Waals surface area contributed by atoms with E-state index in [4.69, 9.17) is 4.52 Å². The van der Waals surface area contributed by atoms with Crippen LogP contribution < -0.4 is 5.32 Å². The van der Waals surface area contributed by atoms with Gasteiger partial charge in [0.05, 0.1) is 11.3 Å². The number of fused-ring (bicyclic) bond motifs is 1. The van der Waals surface area contributed by atoms with Gasteiger partial charge in [-0.15, -0.1) is 0 Å². The van der Waals surface area contributed by atoms with Crippen molar-refractivity contribution < 1.29 is 17.7 Å². The van der Waals surface area contributed by atoms with Crippen LogP contribution in [0.15, 0.2) is 57.9 Å². The van der Waals surface area contributed by atoms with E-state index in [9.17, 15) is 13.2 Å². The molecule has 0 bridgehead atoms. The van der Waals surface area contributed by atoms with Crippen LogP contribution in [0.25, 0.3) is 11.0 Å². The first kappa shape index (κ1) is 18.6. The molecule has 0 atom stereocenters. The zero-order chi connectivity index (χ0) is 19.6. The Labute approximate surface area is 163 Å². The van der Waals surface area contributed by atoms with E-state index in [0.717, 1.165) is 24.6 Å². The predicted molar refractivity (Wildman–Crippen MR) is 105 cm³/mol. The summed E-state index contributed by atoms with van der Waals surface area (Å²) in [6, 6.07) is 13.6. The normalized spacial score (nSPS) is 15.6. The third kappa shape index (κ3) is 3.79. The molecular weight excluding hydrogens is 378 g/mol. The van der Waals surface area contributed by atoms with Crippen molar-refractivity contribution in [2.24, 2.45) is 0 Å². The Hall–Kier alpha value is -2.71. The van der Waals surface area contributed by atoms with E-state index in [1.807, 2.05) is 18.2 Å². The summed E-state index contributed by atoms with van der Waals surface area (Å²) in [6.07, 6.45) is 2.93. The molecule has 1 saturated heterocycles. The number of carbonyl (C=O) groups is 1. The summed E-state index contributed by atoms with van der Waals surface area (Å²) in [5, 5.41) is 7.53. The summed E-state index contributed by atoms with van der Waals surface area (Å²) in [7, 11) is -3.47. The monoisotopic (exact) mass is 399 g/mol. The fraction of sp³-hybridized carbons (Fsp3) is 0.300. The van der Waals surface area contributed by atoms with Crippen molar-refractivity contribution in [2.75, 3.05) is 18.4 Å². The summed E-state index contributed by atoms with van der Waals surface area (Å²) < 4.78 is 32.1. The van der Waals surface area contributed by atoms with Crippen LogP contribution in [0.3, 0.4) is 0 Å². The van der Waals surface area contributed by atoms with Crippen molar-refractivity contribution in [1.82, 2.24) is 9.46 Å². The van der Waals surface area contributed by atoms with Gasteiger partial charge in [-0.2, -0.15) is 4.31 Å². The van der Waals surface area contributed by atoms with Crippen LogP contribution in [0.1, 0.15) is 25.0 Å². The molecule has 1 fully saturated rings. The second-order valence-electron chi connectivity index (χ2n) is 6.84. The van der Waals surface area contributed by atoms with Crippen molar-refractivity contribution in [2.45, 2.75) is 30.6 Å². The lowest BCUT2D eigenvalue weighted by molar-refractivity contribution is -0.115. The molecule has 0 spiro atoms. The minimum Gasteiger partial charge on any atom is -0.356 e. The van der Waals surface area contributed by atoms with Crippen LogP contribution in [0.2, 0.25) is 0 Å². The molecule has 4 rings (SSSR count). The molecule has 1 aliphatic heterocycles. The number of hydrogen-bond donors (Lipinski definition) is 1. The van der Waals surface area contributed by atoms with Crippen LogP contribution in [0.5, 0.6) is 0 Å². The molecule has 3 aromatic rings. The summed E-state index contributed by atoms with van der Waals surface area (Å²) in [6.45, 7) is 1.12. The second-order valence-corrected chi connectivity index (χ2v) is 8.78. The lowest BCUT2D eigenvalue weighted by Crippen LogP contribution is -2.35. The van der Waals surface area contributed by atoms with Gasteiger partial charge >= 0.3 is 0 Å². The Morgan fingerprint density at radius 1 is 1.04 bits per heavy atom. The molecule has 0 radical (unpaired) electrons. The van der Waals surface area contributed by atoms with Gasteiger partial charge in [0.25, 0.3) is 0 Å². The quantitative estimate of drug-likeness (QED) is 0.711. The molecule has 146 valence electrons. The fourth-order valence-corrected chi connectivity index (χ4v) is 4.90. The molecule has 1 aliphatic rings. The van der Waals surface area contributed by atoms with E-state index in [1.54, 1.807) is 18.2 Å². The number of amides is 1. The molecule has 28 heavy (non-hydrogen) atoms. The Balaban J connectivity index is 1.43. The number of nitrogens with one attached hydrogen (secondary N) is 1. The standard InChI is InChI=1S/C20H21N3O4S/c24-20(14-18-17-6-2-3-7-19(17)27-22-18)21-15-8-10-16(11-9-15)28(25,26)23-12-4-1-5-13-23/h2-3,6-11H,1,4-5,12-14H2,(H,21,24). The molecule has 7 nitrogen and oxygen atoms in total. The minimum atomic E-state index is -3.47. The highest BCUT2D eigenvalue weighted by Crippen LogP contribution is 2.22. The maximum Gasteiger partial charge on any atom is 0.243 e. The van der Waals surface area contributed by atoms with Crippen molar-refractivity contribution in [1.29, 1.82) is 0 Å². The molecule has 0 aliphatic carbocycles. The number of anilines is 1. The van der Waals surface area contributed by atoms with Gasteiger partial charge in [-0.25, -0.2) is 8.42 Å². The smallest absolute Gasteiger partial charge is 0.243 e. The van der Waals surface area contributed by atoms with Gasteiger partial charge in [0.2, 0.25) is 15.9 Å². The van der Waals surface area contributed by atoms with Crippen LogP contribution in [0, 0.1) is 0 Å². The van der Waals surface area contributed by atoms with Gasteiger partial charge in [0.1, 0.15) is 5.69 Å². The summed E-state index contributed by atoms with van der Waals surface area (Å²) in [5.74, 6) is -0.245. The van der Waals surface area contributed by atoms with Gasteiger partial charge in [0.15, 0.2) is 5.58 Å². The molecule has 0 unspecified atom stereocenters. The number of aromatic nitrogens is 1. The number of hydrogen-bond acceptors (Lipinski definition) is 5. The molecule has 1 N–H and O–H groups in total. The highest BCUT2D eigenvalue weighted by Gasteiger charge is 2.25. The van der Waals surface area contributed by atoms with E-state index < -0.39 is 10.0 Å². The molecule has 0 saturated carbocycles.